The summed E-state index contributed by atoms with van der Waals surface area (Å²) in [7, 11) is 0. The summed E-state index contributed by atoms with van der Waals surface area (Å²) in [6, 6.07) is 0.427. The third-order valence-corrected chi connectivity index (χ3v) is 4.93. The van der Waals surface area contributed by atoms with Crippen molar-refractivity contribution < 1.29 is 10.4 Å². The third-order valence-electron chi connectivity index (χ3n) is 4.93. The standard InChI is InChI=1S/C13H22N4O/c14-8-9-7-13(5-6-16-12(13)18)17(11(9)15)10-3-1-2-4-10/h8,10,12,15-16,18H,1-7,14H2/p+1. The van der Waals surface area contributed by atoms with Crippen molar-refractivity contribution in [1.82, 2.24) is 4.90 Å². The van der Waals surface area contributed by atoms with Gasteiger partial charge in [0, 0.05) is 30.7 Å². The Hall–Kier alpha value is -1.07. The van der Waals surface area contributed by atoms with E-state index < -0.39 is 6.23 Å². The van der Waals surface area contributed by atoms with Crippen LogP contribution >= 0.6 is 0 Å². The highest BCUT2D eigenvalue weighted by molar-refractivity contribution is 5.99. The van der Waals surface area contributed by atoms with E-state index in [0.717, 1.165) is 37.8 Å². The van der Waals surface area contributed by atoms with Crippen molar-refractivity contribution >= 4 is 5.84 Å². The van der Waals surface area contributed by atoms with Gasteiger partial charge in [-0.15, -0.1) is 0 Å². The van der Waals surface area contributed by atoms with Crippen LogP contribution in [0.25, 0.3) is 0 Å². The van der Waals surface area contributed by atoms with E-state index in [1.165, 1.54) is 12.8 Å². The Morgan fingerprint density at radius 3 is 2.72 bits per heavy atom. The number of nitrogens with one attached hydrogen (secondary N) is 1. The quantitative estimate of drug-likeness (QED) is 0.505. The molecule has 1 saturated carbocycles. The highest BCUT2D eigenvalue weighted by atomic mass is 16.3. The van der Waals surface area contributed by atoms with Crippen LogP contribution in [-0.2, 0) is 0 Å². The second-order valence-corrected chi connectivity index (χ2v) is 5.85. The van der Waals surface area contributed by atoms with Crippen molar-refractivity contribution in [2.75, 3.05) is 6.54 Å². The van der Waals surface area contributed by atoms with Crippen LogP contribution in [0, 0.1) is 5.41 Å². The second-order valence-electron chi connectivity index (χ2n) is 5.85. The number of nitrogens with two attached hydrogens (primary N) is 2. The van der Waals surface area contributed by atoms with Crippen molar-refractivity contribution in [2.24, 2.45) is 5.73 Å². The number of nitrogens with zero attached hydrogens (tertiary/aromatic N) is 1. The molecule has 3 fully saturated rings. The first kappa shape index (κ1) is 12.0. The number of aliphatic hydroxyl groups excluding tert-OH is 1. The lowest BCUT2D eigenvalue weighted by Crippen LogP contribution is -2.90. The Kier molecular flexibility index (Phi) is 2.83. The molecule has 0 bridgehead atoms. The zero-order valence-corrected chi connectivity index (χ0v) is 10.7. The number of hydrogen-bond acceptors (Lipinski definition) is 3. The van der Waals surface area contributed by atoms with Gasteiger partial charge in [-0.05, 0) is 12.8 Å². The van der Waals surface area contributed by atoms with E-state index >= 15 is 0 Å². The fourth-order valence-corrected chi connectivity index (χ4v) is 4.04. The fourth-order valence-electron chi connectivity index (χ4n) is 4.04. The average Bonchev–Trinajstić information content (AvgIpc) is 3.03. The maximum atomic E-state index is 10.4. The molecule has 6 N–H and O–H groups in total. The first-order valence-corrected chi connectivity index (χ1v) is 6.99. The molecule has 0 amide bonds. The van der Waals surface area contributed by atoms with E-state index in [-0.39, 0.29) is 5.54 Å². The minimum atomic E-state index is -0.420. The molecule has 2 aliphatic heterocycles. The average molecular weight is 251 g/mol. The molecule has 2 atom stereocenters. The van der Waals surface area contributed by atoms with Crippen LogP contribution in [0.2, 0.25) is 0 Å². The number of quaternary nitrogens is 1. The lowest BCUT2D eigenvalue weighted by molar-refractivity contribution is -0.710. The Bertz CT molecular complexity index is 388. The molecule has 1 aliphatic carbocycles. The summed E-state index contributed by atoms with van der Waals surface area (Å²) >= 11 is 0. The fraction of sp³-hybridized carbons (Fsp3) is 0.769. The predicted molar refractivity (Wildman–Crippen MR) is 68.9 cm³/mol. The van der Waals surface area contributed by atoms with E-state index in [9.17, 15) is 5.11 Å². The van der Waals surface area contributed by atoms with Gasteiger partial charge >= 0.3 is 0 Å². The molecule has 0 aromatic rings. The zero-order valence-electron chi connectivity index (χ0n) is 10.7. The van der Waals surface area contributed by atoms with Crippen LogP contribution < -0.4 is 11.1 Å². The van der Waals surface area contributed by atoms with Gasteiger partial charge in [-0.25, -0.2) is 0 Å². The molecule has 2 heterocycles. The summed E-state index contributed by atoms with van der Waals surface area (Å²) in [5, 5.41) is 20.7. The smallest absolute Gasteiger partial charge is 0.211 e. The molecule has 2 saturated heterocycles. The molecular weight excluding hydrogens is 228 g/mol. The third kappa shape index (κ3) is 1.50. The van der Waals surface area contributed by atoms with Gasteiger partial charge < -0.3 is 21.1 Å². The summed E-state index contributed by atoms with van der Waals surface area (Å²) in [5.41, 5.74) is 6.29. The van der Waals surface area contributed by atoms with Crippen LogP contribution in [0.4, 0.5) is 0 Å². The zero-order chi connectivity index (χ0) is 12.8. The van der Waals surface area contributed by atoms with Gasteiger partial charge in [0.05, 0.1) is 6.54 Å². The van der Waals surface area contributed by atoms with E-state index in [1.54, 1.807) is 6.20 Å². The van der Waals surface area contributed by atoms with E-state index in [1.807, 2.05) is 5.32 Å². The largest absolute Gasteiger partial charge is 0.404 e. The van der Waals surface area contributed by atoms with Crippen LogP contribution in [-0.4, -0.2) is 40.2 Å². The van der Waals surface area contributed by atoms with Gasteiger partial charge in [-0.1, -0.05) is 12.8 Å². The summed E-state index contributed by atoms with van der Waals surface area (Å²) in [4.78, 5) is 2.20. The maximum absolute atomic E-state index is 10.4. The topological polar surface area (TPSA) is 90.0 Å². The monoisotopic (exact) mass is 251 g/mol. The Morgan fingerprint density at radius 2 is 2.17 bits per heavy atom. The molecule has 0 aromatic heterocycles. The highest BCUT2D eigenvalue weighted by Gasteiger charge is 2.58. The van der Waals surface area contributed by atoms with Crippen LogP contribution in [0.3, 0.4) is 0 Å². The molecule has 0 aromatic carbocycles. The molecule has 2 unspecified atom stereocenters. The maximum Gasteiger partial charge on any atom is 0.211 e. The first-order chi connectivity index (χ1) is 8.69. The molecule has 100 valence electrons. The van der Waals surface area contributed by atoms with Crippen molar-refractivity contribution in [2.45, 2.75) is 56.3 Å². The minimum absolute atomic E-state index is 0.267. The molecule has 5 nitrogen and oxygen atoms in total. The van der Waals surface area contributed by atoms with E-state index in [4.69, 9.17) is 11.1 Å². The molecule has 3 aliphatic rings. The highest BCUT2D eigenvalue weighted by Crippen LogP contribution is 2.43. The normalized spacial score (nSPS) is 39.6. The SMILES string of the molecule is N=C1C(=CN)CC2(CC[NH2+]C2O)N1C1CCCC1. The van der Waals surface area contributed by atoms with Gasteiger partial charge in [-0.3, -0.25) is 5.41 Å². The summed E-state index contributed by atoms with van der Waals surface area (Å²) in [6.07, 6.45) is 7.60. The molecule has 18 heavy (non-hydrogen) atoms. The molecule has 0 radical (unpaired) electrons. The number of amidine groups is 1. The van der Waals surface area contributed by atoms with Gasteiger partial charge in [0.25, 0.3) is 0 Å². The summed E-state index contributed by atoms with van der Waals surface area (Å²) < 4.78 is 0. The molecule has 5 heteroatoms. The Morgan fingerprint density at radius 1 is 1.44 bits per heavy atom. The minimum Gasteiger partial charge on any atom is -0.404 e. The van der Waals surface area contributed by atoms with Gasteiger partial charge in [0.2, 0.25) is 6.23 Å². The van der Waals surface area contributed by atoms with Crippen molar-refractivity contribution in [3.63, 3.8) is 0 Å². The molecular formula is C13H23N4O+. The van der Waals surface area contributed by atoms with Gasteiger partial charge in [-0.2, -0.15) is 0 Å². The number of rotatable bonds is 1. The van der Waals surface area contributed by atoms with Crippen molar-refractivity contribution in [1.29, 1.82) is 5.41 Å². The first-order valence-electron chi connectivity index (χ1n) is 6.99. The summed E-state index contributed by atoms with van der Waals surface area (Å²) in [5.74, 6) is 0.554. The lowest BCUT2D eigenvalue weighted by atomic mass is 9.90. The number of aliphatic hydroxyl groups is 1. The Labute approximate surface area is 108 Å². The number of likely N-dealkylation sites (tertiary alicyclic amines) is 1. The number of hydrogen-bond donors (Lipinski definition) is 4. The van der Waals surface area contributed by atoms with Gasteiger partial charge in [0.15, 0.2) is 0 Å². The second kappa shape index (κ2) is 4.24. The van der Waals surface area contributed by atoms with Crippen LogP contribution in [0.5, 0.6) is 0 Å². The van der Waals surface area contributed by atoms with Crippen molar-refractivity contribution in [3.8, 4) is 0 Å². The van der Waals surface area contributed by atoms with Crippen LogP contribution in [0.15, 0.2) is 11.8 Å². The summed E-state index contributed by atoms with van der Waals surface area (Å²) in [6.45, 7) is 0.940. The Balaban J connectivity index is 1.98. The van der Waals surface area contributed by atoms with E-state index in [0.29, 0.717) is 11.9 Å². The van der Waals surface area contributed by atoms with Crippen LogP contribution in [0.1, 0.15) is 38.5 Å². The predicted octanol–water partition coefficient (Wildman–Crippen LogP) is -0.521. The lowest BCUT2D eigenvalue weighted by Gasteiger charge is -2.39. The van der Waals surface area contributed by atoms with Crippen molar-refractivity contribution in [3.05, 3.63) is 11.8 Å². The molecule has 1 spiro atoms. The molecule has 3 rings (SSSR count). The van der Waals surface area contributed by atoms with Gasteiger partial charge in [0.1, 0.15) is 11.4 Å². The van der Waals surface area contributed by atoms with E-state index in [2.05, 4.69) is 4.90 Å².